The lowest BCUT2D eigenvalue weighted by Crippen LogP contribution is -2.08. The first-order valence-electron chi connectivity index (χ1n) is 8.70. The first kappa shape index (κ1) is 19.0. The van der Waals surface area contributed by atoms with Crippen molar-refractivity contribution in [2.75, 3.05) is 5.73 Å². The number of anilines is 1. The molecule has 1 aliphatic rings. The van der Waals surface area contributed by atoms with Gasteiger partial charge in [0.2, 0.25) is 0 Å². The molecule has 0 aromatic heterocycles. The average molecular weight is 388 g/mol. The zero-order valence-electron chi connectivity index (χ0n) is 14.6. The maximum absolute atomic E-state index is 11.4. The molecule has 1 aliphatic carbocycles. The number of hydrogen-bond donors (Lipinski definition) is 2. The highest BCUT2D eigenvalue weighted by atomic mass is 32.2. The van der Waals surface area contributed by atoms with Crippen LogP contribution in [0, 0.1) is 10.1 Å². The summed E-state index contributed by atoms with van der Waals surface area (Å²) in [6.07, 6.45) is 5.64. The van der Waals surface area contributed by atoms with Crippen LogP contribution in [0.25, 0.3) is 0 Å². The lowest BCUT2D eigenvalue weighted by Gasteiger charge is -2.22. The molecule has 2 aromatic rings. The normalized spacial score (nSPS) is 14.7. The number of aromatic carboxylic acids is 1. The fraction of sp³-hybridized carbons (Fsp3) is 0.316. The number of nitrogen functional groups attached to an aromatic ring is 1. The molecule has 0 heterocycles. The van der Waals surface area contributed by atoms with E-state index in [1.54, 1.807) is 30.0 Å². The van der Waals surface area contributed by atoms with Gasteiger partial charge in [-0.1, -0.05) is 31.4 Å². The lowest BCUT2D eigenvalue weighted by atomic mass is 10.0. The number of nitro groups is 1. The van der Waals surface area contributed by atoms with Crippen molar-refractivity contribution >= 4 is 29.1 Å². The number of benzene rings is 2. The van der Waals surface area contributed by atoms with Gasteiger partial charge in [0.1, 0.15) is 22.7 Å². The second kappa shape index (κ2) is 8.30. The van der Waals surface area contributed by atoms with Crippen molar-refractivity contribution in [3.63, 3.8) is 0 Å². The molecule has 1 saturated carbocycles. The number of carboxylic acids is 1. The zero-order valence-corrected chi connectivity index (χ0v) is 15.4. The molecule has 2 aromatic carbocycles. The maximum atomic E-state index is 11.4. The van der Waals surface area contributed by atoms with E-state index in [0.717, 1.165) is 25.7 Å². The highest BCUT2D eigenvalue weighted by Crippen LogP contribution is 2.43. The number of carbonyl (C=O) groups is 1. The maximum Gasteiger partial charge on any atom is 0.339 e. The van der Waals surface area contributed by atoms with Crippen LogP contribution in [0.3, 0.4) is 0 Å². The number of nitro benzene ring substituents is 1. The number of para-hydroxylation sites is 1. The third kappa shape index (κ3) is 4.51. The van der Waals surface area contributed by atoms with Gasteiger partial charge in [-0.2, -0.15) is 0 Å². The summed E-state index contributed by atoms with van der Waals surface area (Å²) in [6, 6.07) is 9.04. The Labute approximate surface area is 160 Å². The third-order valence-electron chi connectivity index (χ3n) is 4.47. The molecule has 0 saturated heterocycles. The third-order valence-corrected chi connectivity index (χ3v) is 5.85. The predicted molar refractivity (Wildman–Crippen MR) is 104 cm³/mol. The average Bonchev–Trinajstić information content (AvgIpc) is 2.64. The second-order valence-electron chi connectivity index (χ2n) is 6.40. The summed E-state index contributed by atoms with van der Waals surface area (Å²) in [5.74, 6) is -0.744. The summed E-state index contributed by atoms with van der Waals surface area (Å²) < 4.78 is 5.83. The Kier molecular flexibility index (Phi) is 5.85. The molecule has 3 rings (SSSR count). The van der Waals surface area contributed by atoms with E-state index in [-0.39, 0.29) is 28.4 Å². The lowest BCUT2D eigenvalue weighted by molar-refractivity contribution is -0.384. The van der Waals surface area contributed by atoms with E-state index in [1.165, 1.54) is 24.6 Å². The topological polar surface area (TPSA) is 116 Å². The number of nitrogens with zero attached hydrogens (tertiary/aromatic N) is 1. The minimum Gasteiger partial charge on any atom is -0.478 e. The Bertz CT molecular complexity index is 865. The molecule has 142 valence electrons. The summed E-state index contributed by atoms with van der Waals surface area (Å²) in [5.41, 5.74) is 5.66. The van der Waals surface area contributed by atoms with Crippen LogP contribution in [-0.4, -0.2) is 21.2 Å². The summed E-state index contributed by atoms with van der Waals surface area (Å²) in [4.78, 5) is 22.8. The Hall–Kier alpha value is -2.74. The molecule has 8 heteroatoms. The minimum absolute atomic E-state index is 0.00871. The highest BCUT2D eigenvalue weighted by Gasteiger charge is 2.23. The van der Waals surface area contributed by atoms with Gasteiger partial charge in [-0.05, 0) is 31.0 Å². The van der Waals surface area contributed by atoms with Crippen LogP contribution in [0.2, 0.25) is 0 Å². The first-order chi connectivity index (χ1) is 13.0. The molecule has 0 atom stereocenters. The highest BCUT2D eigenvalue weighted by molar-refractivity contribution is 8.00. The van der Waals surface area contributed by atoms with E-state index in [1.807, 2.05) is 0 Å². The van der Waals surface area contributed by atoms with E-state index < -0.39 is 10.9 Å². The van der Waals surface area contributed by atoms with Crippen molar-refractivity contribution in [3.05, 3.63) is 52.1 Å². The van der Waals surface area contributed by atoms with E-state index in [4.69, 9.17) is 10.5 Å². The Morgan fingerprint density at radius 3 is 2.56 bits per heavy atom. The fourth-order valence-corrected chi connectivity index (χ4v) is 4.45. The summed E-state index contributed by atoms with van der Waals surface area (Å²) in [6.45, 7) is 0. The number of thioether (sulfide) groups is 1. The van der Waals surface area contributed by atoms with Crippen LogP contribution in [-0.2, 0) is 0 Å². The molecule has 0 amide bonds. The number of carboxylic acid groups (broad SMARTS) is 1. The molecule has 0 spiro atoms. The molecular formula is C19H20N2O5S. The van der Waals surface area contributed by atoms with Crippen molar-refractivity contribution in [2.24, 2.45) is 0 Å². The largest absolute Gasteiger partial charge is 0.478 e. The van der Waals surface area contributed by atoms with E-state index in [9.17, 15) is 20.0 Å². The van der Waals surface area contributed by atoms with Gasteiger partial charge in [0.05, 0.1) is 15.9 Å². The molecule has 3 N–H and O–H groups in total. The fourth-order valence-electron chi connectivity index (χ4n) is 3.11. The second-order valence-corrected chi connectivity index (χ2v) is 7.74. The molecule has 1 fully saturated rings. The van der Waals surface area contributed by atoms with Crippen molar-refractivity contribution in [2.45, 2.75) is 42.2 Å². The molecule has 0 bridgehead atoms. The van der Waals surface area contributed by atoms with Gasteiger partial charge >= 0.3 is 5.97 Å². The van der Waals surface area contributed by atoms with Crippen LogP contribution in [0.4, 0.5) is 11.4 Å². The number of hydrogen-bond acceptors (Lipinski definition) is 6. The SMILES string of the molecule is Nc1cc(SC2CCCCC2)c(Oc2ccccc2C(=O)O)cc1[N+](=O)[O-]. The van der Waals surface area contributed by atoms with Gasteiger partial charge in [0, 0.05) is 5.25 Å². The van der Waals surface area contributed by atoms with Gasteiger partial charge in [-0.15, -0.1) is 11.8 Å². The smallest absolute Gasteiger partial charge is 0.339 e. The van der Waals surface area contributed by atoms with E-state index >= 15 is 0 Å². The molecule has 7 nitrogen and oxygen atoms in total. The summed E-state index contributed by atoms with van der Waals surface area (Å²) in [7, 11) is 0. The van der Waals surface area contributed by atoms with E-state index in [2.05, 4.69) is 0 Å². The van der Waals surface area contributed by atoms with Gasteiger partial charge in [-0.3, -0.25) is 10.1 Å². The zero-order chi connectivity index (χ0) is 19.4. The van der Waals surface area contributed by atoms with Gasteiger partial charge in [-0.25, -0.2) is 4.79 Å². The standard InChI is InChI=1S/C19H20N2O5S/c20-14-10-18(27-12-6-2-1-3-7-12)17(11-15(14)21(24)25)26-16-9-5-4-8-13(16)19(22)23/h4-5,8-12H,1-3,6-7,20H2,(H,22,23). The van der Waals surface area contributed by atoms with Crippen LogP contribution in [0.1, 0.15) is 42.5 Å². The van der Waals surface area contributed by atoms with Crippen molar-refractivity contribution < 1.29 is 19.6 Å². The van der Waals surface area contributed by atoms with Gasteiger partial charge in [0.15, 0.2) is 0 Å². The number of rotatable bonds is 6. The summed E-state index contributed by atoms with van der Waals surface area (Å²) >= 11 is 1.58. The van der Waals surface area contributed by atoms with Crippen molar-refractivity contribution in [1.82, 2.24) is 0 Å². The van der Waals surface area contributed by atoms with Crippen LogP contribution < -0.4 is 10.5 Å². The molecule has 0 radical (unpaired) electrons. The van der Waals surface area contributed by atoms with Crippen LogP contribution in [0.15, 0.2) is 41.3 Å². The Balaban J connectivity index is 1.99. The van der Waals surface area contributed by atoms with Crippen molar-refractivity contribution in [1.29, 1.82) is 0 Å². The van der Waals surface area contributed by atoms with Crippen LogP contribution in [0.5, 0.6) is 11.5 Å². The minimum atomic E-state index is -1.13. The number of ether oxygens (including phenoxy) is 1. The predicted octanol–water partition coefficient (Wildman–Crippen LogP) is 5.09. The molecule has 0 aliphatic heterocycles. The molecule has 27 heavy (non-hydrogen) atoms. The Morgan fingerprint density at radius 1 is 1.19 bits per heavy atom. The first-order valence-corrected chi connectivity index (χ1v) is 9.58. The van der Waals surface area contributed by atoms with E-state index in [0.29, 0.717) is 10.1 Å². The van der Waals surface area contributed by atoms with Gasteiger partial charge < -0.3 is 15.6 Å². The summed E-state index contributed by atoms with van der Waals surface area (Å²) in [5, 5.41) is 21.0. The molecular weight excluding hydrogens is 368 g/mol. The van der Waals surface area contributed by atoms with Gasteiger partial charge in [0.25, 0.3) is 5.69 Å². The number of nitrogens with two attached hydrogens (primary N) is 1. The van der Waals surface area contributed by atoms with Crippen LogP contribution >= 0.6 is 11.8 Å². The molecule has 0 unspecified atom stereocenters. The monoisotopic (exact) mass is 388 g/mol. The van der Waals surface area contributed by atoms with Crippen molar-refractivity contribution in [3.8, 4) is 11.5 Å². The quantitative estimate of drug-likeness (QED) is 0.402. The Morgan fingerprint density at radius 2 is 1.89 bits per heavy atom.